The molecular formula is C25H46O4. The summed E-state index contributed by atoms with van der Waals surface area (Å²) in [4.78, 5) is 22.8. The van der Waals surface area contributed by atoms with E-state index in [1.807, 2.05) is 0 Å². The minimum atomic E-state index is -0.725. The molecule has 0 aromatic carbocycles. The lowest BCUT2D eigenvalue weighted by Gasteiger charge is -2.15. The number of allylic oxidation sites excluding steroid dienone is 1. The number of unbranched alkanes of at least 4 members (excludes halogenated alkanes) is 12. The summed E-state index contributed by atoms with van der Waals surface area (Å²) in [6.45, 7) is 4.42. The molecule has 1 N–H and O–H groups in total. The molecular weight excluding hydrogens is 364 g/mol. The zero-order valence-electron chi connectivity index (χ0n) is 19.1. The molecule has 0 aromatic heterocycles. The van der Waals surface area contributed by atoms with Crippen molar-refractivity contribution in [3.63, 3.8) is 0 Å². The molecule has 0 aliphatic rings. The third-order valence-electron chi connectivity index (χ3n) is 5.22. The van der Waals surface area contributed by atoms with Gasteiger partial charge < -0.3 is 9.84 Å². The molecule has 0 spiro atoms. The number of carbonyl (C=O) groups excluding carboxylic acids is 1. The van der Waals surface area contributed by atoms with Crippen molar-refractivity contribution in [1.82, 2.24) is 0 Å². The number of ether oxygens (including phenoxy) is 1. The molecule has 1 atom stereocenters. The molecule has 0 heterocycles. The largest absolute Gasteiger partial charge is 0.481 e. The zero-order chi connectivity index (χ0) is 21.6. The Labute approximate surface area is 179 Å². The highest BCUT2D eigenvalue weighted by molar-refractivity contribution is 5.69. The molecule has 0 aliphatic carbocycles. The van der Waals surface area contributed by atoms with Crippen LogP contribution in [0, 0.1) is 0 Å². The normalized spacial score (nSPS) is 12.3. The summed E-state index contributed by atoms with van der Waals surface area (Å²) >= 11 is 0. The van der Waals surface area contributed by atoms with E-state index in [-0.39, 0.29) is 18.5 Å². The molecule has 0 saturated heterocycles. The fraction of sp³-hybridized carbons (Fsp3) is 0.840. The Morgan fingerprint density at radius 3 is 1.97 bits per heavy atom. The van der Waals surface area contributed by atoms with Gasteiger partial charge in [0.1, 0.15) is 6.10 Å². The molecule has 0 rings (SSSR count). The zero-order valence-corrected chi connectivity index (χ0v) is 19.1. The summed E-state index contributed by atoms with van der Waals surface area (Å²) < 4.78 is 5.73. The van der Waals surface area contributed by atoms with Gasteiger partial charge in [0, 0.05) is 12.8 Å². The van der Waals surface area contributed by atoms with Gasteiger partial charge >= 0.3 is 11.9 Å². The monoisotopic (exact) mass is 410 g/mol. The van der Waals surface area contributed by atoms with Crippen molar-refractivity contribution in [3.8, 4) is 0 Å². The van der Waals surface area contributed by atoms with Gasteiger partial charge in [-0.15, -0.1) is 0 Å². The van der Waals surface area contributed by atoms with E-state index < -0.39 is 5.97 Å². The SMILES string of the molecule is CCCCCC/C=C\C(CCCCCCC(=O)O)OC(=O)CCCCCCCC. The fourth-order valence-corrected chi connectivity index (χ4v) is 3.38. The van der Waals surface area contributed by atoms with E-state index in [0.717, 1.165) is 51.4 Å². The Bertz CT molecular complexity index is 417. The predicted molar refractivity (Wildman–Crippen MR) is 121 cm³/mol. The first-order valence-corrected chi connectivity index (χ1v) is 12.2. The average molecular weight is 411 g/mol. The third kappa shape index (κ3) is 21.2. The van der Waals surface area contributed by atoms with E-state index in [1.165, 1.54) is 51.4 Å². The van der Waals surface area contributed by atoms with Crippen molar-refractivity contribution >= 4 is 11.9 Å². The van der Waals surface area contributed by atoms with Gasteiger partial charge in [-0.05, 0) is 44.6 Å². The van der Waals surface area contributed by atoms with Crippen LogP contribution < -0.4 is 0 Å². The molecule has 4 nitrogen and oxygen atoms in total. The minimum absolute atomic E-state index is 0.0769. The maximum atomic E-state index is 12.2. The summed E-state index contributed by atoms with van der Waals surface area (Å²) in [6.07, 6.45) is 22.3. The lowest BCUT2D eigenvalue weighted by Crippen LogP contribution is -2.16. The van der Waals surface area contributed by atoms with Crippen LogP contribution in [-0.4, -0.2) is 23.1 Å². The maximum absolute atomic E-state index is 12.2. The molecule has 0 fully saturated rings. The molecule has 4 heteroatoms. The topological polar surface area (TPSA) is 63.6 Å². The standard InChI is InChI=1S/C25H46O4/c1-3-5-7-9-11-15-19-23(20-16-13-14-17-21-24(26)27)29-25(28)22-18-12-10-8-6-4-2/h15,19,23H,3-14,16-18,20-22H2,1-2H3,(H,26,27)/b19-15-. The molecule has 0 aromatic rings. The van der Waals surface area contributed by atoms with Crippen molar-refractivity contribution in [1.29, 1.82) is 0 Å². The van der Waals surface area contributed by atoms with Gasteiger partial charge in [-0.3, -0.25) is 9.59 Å². The van der Waals surface area contributed by atoms with Crippen LogP contribution in [0.15, 0.2) is 12.2 Å². The number of esters is 1. The second-order valence-electron chi connectivity index (χ2n) is 8.17. The lowest BCUT2D eigenvalue weighted by molar-refractivity contribution is -0.147. The van der Waals surface area contributed by atoms with Gasteiger partial charge in [-0.2, -0.15) is 0 Å². The van der Waals surface area contributed by atoms with Crippen LogP contribution in [0.25, 0.3) is 0 Å². The summed E-state index contributed by atoms with van der Waals surface area (Å²) in [7, 11) is 0. The van der Waals surface area contributed by atoms with Crippen LogP contribution in [-0.2, 0) is 14.3 Å². The Morgan fingerprint density at radius 2 is 1.31 bits per heavy atom. The van der Waals surface area contributed by atoms with Gasteiger partial charge in [0.15, 0.2) is 0 Å². The first-order chi connectivity index (χ1) is 14.1. The number of hydrogen-bond acceptors (Lipinski definition) is 3. The van der Waals surface area contributed by atoms with Crippen molar-refractivity contribution in [2.75, 3.05) is 0 Å². The molecule has 0 bridgehead atoms. The summed E-state index contributed by atoms with van der Waals surface area (Å²) in [5.74, 6) is -0.801. The Morgan fingerprint density at radius 1 is 0.759 bits per heavy atom. The van der Waals surface area contributed by atoms with E-state index in [1.54, 1.807) is 0 Å². The van der Waals surface area contributed by atoms with Crippen LogP contribution in [0.4, 0.5) is 0 Å². The molecule has 0 radical (unpaired) electrons. The fourth-order valence-electron chi connectivity index (χ4n) is 3.38. The molecule has 0 amide bonds. The van der Waals surface area contributed by atoms with Gasteiger partial charge in [-0.25, -0.2) is 0 Å². The smallest absolute Gasteiger partial charge is 0.306 e. The molecule has 29 heavy (non-hydrogen) atoms. The van der Waals surface area contributed by atoms with Crippen molar-refractivity contribution in [2.24, 2.45) is 0 Å². The Hall–Kier alpha value is -1.32. The lowest BCUT2D eigenvalue weighted by atomic mass is 10.1. The number of rotatable bonds is 21. The first kappa shape index (κ1) is 27.7. The minimum Gasteiger partial charge on any atom is -0.481 e. The van der Waals surface area contributed by atoms with Gasteiger partial charge in [0.05, 0.1) is 0 Å². The van der Waals surface area contributed by atoms with E-state index in [9.17, 15) is 9.59 Å². The number of carboxylic acid groups (broad SMARTS) is 1. The Balaban J connectivity index is 4.15. The van der Waals surface area contributed by atoms with Crippen molar-refractivity contribution in [3.05, 3.63) is 12.2 Å². The first-order valence-electron chi connectivity index (χ1n) is 12.2. The van der Waals surface area contributed by atoms with Crippen LogP contribution >= 0.6 is 0 Å². The summed E-state index contributed by atoms with van der Waals surface area (Å²) in [6, 6.07) is 0. The van der Waals surface area contributed by atoms with Gasteiger partial charge in [0.2, 0.25) is 0 Å². The average Bonchev–Trinajstić information content (AvgIpc) is 2.69. The van der Waals surface area contributed by atoms with E-state index in [4.69, 9.17) is 9.84 Å². The molecule has 1 unspecified atom stereocenters. The Kier molecular flexibility index (Phi) is 20.4. The van der Waals surface area contributed by atoms with Crippen molar-refractivity contribution in [2.45, 2.75) is 136 Å². The summed E-state index contributed by atoms with van der Waals surface area (Å²) in [5, 5.41) is 8.70. The van der Waals surface area contributed by atoms with Crippen molar-refractivity contribution < 1.29 is 19.4 Å². The number of hydrogen-bond donors (Lipinski definition) is 1. The van der Waals surface area contributed by atoms with Crippen LogP contribution in [0.1, 0.15) is 129 Å². The maximum Gasteiger partial charge on any atom is 0.306 e. The highest BCUT2D eigenvalue weighted by Gasteiger charge is 2.11. The number of carboxylic acids is 1. The molecule has 0 aliphatic heterocycles. The predicted octanol–water partition coefficient (Wildman–Crippen LogP) is 7.60. The second-order valence-corrected chi connectivity index (χ2v) is 8.17. The van der Waals surface area contributed by atoms with Crippen LogP contribution in [0.5, 0.6) is 0 Å². The van der Waals surface area contributed by atoms with Gasteiger partial charge in [0.25, 0.3) is 0 Å². The van der Waals surface area contributed by atoms with E-state index in [2.05, 4.69) is 26.0 Å². The quantitative estimate of drug-likeness (QED) is 0.120. The second kappa shape index (κ2) is 21.4. The summed E-state index contributed by atoms with van der Waals surface area (Å²) in [5.41, 5.74) is 0. The van der Waals surface area contributed by atoms with E-state index >= 15 is 0 Å². The highest BCUT2D eigenvalue weighted by atomic mass is 16.5. The highest BCUT2D eigenvalue weighted by Crippen LogP contribution is 2.14. The number of aliphatic carboxylic acids is 1. The van der Waals surface area contributed by atoms with Crippen LogP contribution in [0.3, 0.4) is 0 Å². The van der Waals surface area contributed by atoms with E-state index in [0.29, 0.717) is 6.42 Å². The third-order valence-corrected chi connectivity index (χ3v) is 5.22. The molecule has 170 valence electrons. The van der Waals surface area contributed by atoms with Gasteiger partial charge in [-0.1, -0.05) is 84.1 Å². The number of carbonyl (C=O) groups is 2. The molecule has 0 saturated carbocycles. The van der Waals surface area contributed by atoms with Crippen LogP contribution in [0.2, 0.25) is 0 Å².